The zero-order valence-electron chi connectivity index (χ0n) is 15.6. The Morgan fingerprint density at radius 1 is 1.12 bits per heavy atom. The minimum Gasteiger partial charge on any atom is -0.325 e. The molecule has 0 atom stereocenters. The number of para-hydroxylation sites is 1. The van der Waals surface area contributed by atoms with Crippen molar-refractivity contribution in [2.75, 3.05) is 18.1 Å². The Hall–Kier alpha value is -2.25. The number of aromatic nitrogens is 1. The number of hydrogen-bond acceptors (Lipinski definition) is 4. The lowest BCUT2D eigenvalue weighted by Crippen LogP contribution is -2.37. The number of carbonyl (C=O) groups is 1. The molecule has 0 fully saturated rings. The van der Waals surface area contributed by atoms with Crippen LogP contribution >= 0.6 is 0 Å². The van der Waals surface area contributed by atoms with Gasteiger partial charge in [0.2, 0.25) is 15.9 Å². The molecule has 1 aromatic carbocycles. The molecule has 0 radical (unpaired) electrons. The number of nitrogens with zero attached hydrogens (tertiary/aromatic N) is 2. The summed E-state index contributed by atoms with van der Waals surface area (Å²) in [5.74, 6) is -0.386. The van der Waals surface area contributed by atoms with E-state index in [0.717, 1.165) is 16.1 Å². The molecule has 0 spiro atoms. The van der Waals surface area contributed by atoms with E-state index >= 15 is 0 Å². The van der Waals surface area contributed by atoms with Crippen LogP contribution in [0.4, 0.5) is 5.69 Å². The van der Waals surface area contributed by atoms with Gasteiger partial charge in [-0.05, 0) is 29.2 Å². The van der Waals surface area contributed by atoms with Crippen molar-refractivity contribution in [1.29, 1.82) is 0 Å². The average Bonchev–Trinajstić information content (AvgIpc) is 2.54. The van der Waals surface area contributed by atoms with Crippen LogP contribution in [-0.4, -0.2) is 36.4 Å². The summed E-state index contributed by atoms with van der Waals surface area (Å²) in [6, 6.07) is 12.8. The molecule has 1 N–H and O–H groups in total. The molecule has 0 saturated heterocycles. The lowest BCUT2D eigenvalue weighted by Gasteiger charge is -2.24. The van der Waals surface area contributed by atoms with E-state index in [-0.39, 0.29) is 24.4 Å². The van der Waals surface area contributed by atoms with Crippen molar-refractivity contribution in [3.63, 3.8) is 0 Å². The fourth-order valence-electron chi connectivity index (χ4n) is 2.56. The molecular formula is C19H25N3O3S. The molecule has 7 heteroatoms. The van der Waals surface area contributed by atoms with E-state index in [1.807, 2.05) is 24.3 Å². The number of anilines is 1. The van der Waals surface area contributed by atoms with Gasteiger partial charge in [-0.1, -0.05) is 45.0 Å². The highest BCUT2D eigenvalue weighted by Crippen LogP contribution is 2.29. The maximum atomic E-state index is 12.5. The summed E-state index contributed by atoms with van der Waals surface area (Å²) in [4.78, 5) is 16.6. The molecule has 140 valence electrons. The van der Waals surface area contributed by atoms with Gasteiger partial charge in [0.1, 0.15) is 0 Å². The predicted molar refractivity (Wildman–Crippen MR) is 103 cm³/mol. The zero-order valence-corrected chi connectivity index (χ0v) is 16.4. The molecule has 2 rings (SSSR count). The lowest BCUT2D eigenvalue weighted by molar-refractivity contribution is -0.116. The standard InChI is InChI=1S/C19H25N3O3S/c1-19(2,3)16-10-5-6-11-17(16)21-18(23)14-22(26(4,24)25)13-15-9-7-8-12-20-15/h5-12H,13-14H2,1-4H3,(H,21,23). The number of benzene rings is 1. The maximum Gasteiger partial charge on any atom is 0.239 e. The van der Waals surface area contributed by atoms with Gasteiger partial charge in [0.15, 0.2) is 0 Å². The number of rotatable bonds is 6. The largest absolute Gasteiger partial charge is 0.325 e. The first kappa shape index (κ1) is 20.1. The number of carbonyl (C=O) groups excluding carboxylic acids is 1. The third-order valence-electron chi connectivity index (χ3n) is 3.86. The highest BCUT2D eigenvalue weighted by Gasteiger charge is 2.23. The topological polar surface area (TPSA) is 79.4 Å². The van der Waals surface area contributed by atoms with Crippen LogP contribution in [0.3, 0.4) is 0 Å². The minimum absolute atomic E-state index is 0.0496. The van der Waals surface area contributed by atoms with E-state index in [0.29, 0.717) is 11.4 Å². The van der Waals surface area contributed by atoms with Crippen molar-refractivity contribution in [2.24, 2.45) is 0 Å². The molecule has 1 heterocycles. The van der Waals surface area contributed by atoms with E-state index in [1.54, 1.807) is 24.4 Å². The Morgan fingerprint density at radius 2 is 1.77 bits per heavy atom. The number of sulfonamides is 1. The van der Waals surface area contributed by atoms with Crippen molar-refractivity contribution in [3.05, 3.63) is 59.9 Å². The molecule has 1 amide bonds. The van der Waals surface area contributed by atoms with E-state index in [4.69, 9.17) is 0 Å². The first-order valence-electron chi connectivity index (χ1n) is 8.32. The fraction of sp³-hybridized carbons (Fsp3) is 0.368. The third kappa shape index (κ3) is 5.64. The minimum atomic E-state index is -3.56. The Balaban J connectivity index is 2.16. The van der Waals surface area contributed by atoms with Crippen LogP contribution in [0.25, 0.3) is 0 Å². The maximum absolute atomic E-state index is 12.5. The van der Waals surface area contributed by atoms with Gasteiger partial charge in [-0.25, -0.2) is 8.42 Å². The second kappa shape index (κ2) is 7.97. The van der Waals surface area contributed by atoms with Crippen molar-refractivity contribution < 1.29 is 13.2 Å². The van der Waals surface area contributed by atoms with Crippen LogP contribution < -0.4 is 5.32 Å². The number of pyridine rings is 1. The van der Waals surface area contributed by atoms with E-state index in [9.17, 15) is 13.2 Å². The van der Waals surface area contributed by atoms with Crippen LogP contribution in [0.2, 0.25) is 0 Å². The Bertz CT molecular complexity index is 859. The van der Waals surface area contributed by atoms with Crippen molar-refractivity contribution in [3.8, 4) is 0 Å². The van der Waals surface area contributed by atoms with Gasteiger partial charge >= 0.3 is 0 Å². The quantitative estimate of drug-likeness (QED) is 0.842. The Morgan fingerprint density at radius 3 is 2.35 bits per heavy atom. The highest BCUT2D eigenvalue weighted by atomic mass is 32.2. The second-order valence-corrected chi connectivity index (χ2v) is 9.18. The molecule has 2 aromatic rings. The molecule has 26 heavy (non-hydrogen) atoms. The molecule has 0 unspecified atom stereocenters. The Labute approximate surface area is 155 Å². The zero-order chi connectivity index (χ0) is 19.4. The van der Waals surface area contributed by atoms with Crippen LogP contribution in [-0.2, 0) is 26.8 Å². The molecule has 0 saturated carbocycles. The molecule has 0 aliphatic carbocycles. The van der Waals surface area contributed by atoms with E-state index in [1.165, 1.54) is 0 Å². The van der Waals surface area contributed by atoms with Crippen LogP contribution in [0, 0.1) is 0 Å². The van der Waals surface area contributed by atoms with Crippen LogP contribution in [0.1, 0.15) is 32.0 Å². The van der Waals surface area contributed by atoms with Gasteiger partial charge in [0.05, 0.1) is 25.0 Å². The molecule has 0 aliphatic rings. The Kier molecular flexibility index (Phi) is 6.15. The molecule has 1 aromatic heterocycles. The number of amides is 1. The molecule has 0 bridgehead atoms. The summed E-state index contributed by atoms with van der Waals surface area (Å²) in [7, 11) is -3.56. The SMILES string of the molecule is CC(C)(C)c1ccccc1NC(=O)CN(Cc1ccccn1)S(C)(=O)=O. The van der Waals surface area contributed by atoms with E-state index < -0.39 is 10.0 Å². The molecule has 0 aliphatic heterocycles. The summed E-state index contributed by atoms with van der Waals surface area (Å²) < 4.78 is 25.3. The van der Waals surface area contributed by atoms with Gasteiger partial charge in [-0.15, -0.1) is 0 Å². The summed E-state index contributed by atoms with van der Waals surface area (Å²) in [6.07, 6.45) is 2.68. The van der Waals surface area contributed by atoms with Crippen molar-refractivity contribution in [2.45, 2.75) is 32.7 Å². The third-order valence-corrected chi connectivity index (χ3v) is 5.06. The van der Waals surface area contributed by atoms with E-state index in [2.05, 4.69) is 31.1 Å². The van der Waals surface area contributed by atoms with Gasteiger partial charge in [-0.2, -0.15) is 4.31 Å². The summed E-state index contributed by atoms with van der Waals surface area (Å²) in [5.41, 5.74) is 2.12. The summed E-state index contributed by atoms with van der Waals surface area (Å²) in [5, 5.41) is 2.84. The van der Waals surface area contributed by atoms with Crippen molar-refractivity contribution in [1.82, 2.24) is 9.29 Å². The number of hydrogen-bond donors (Lipinski definition) is 1. The van der Waals surface area contributed by atoms with Crippen LogP contribution in [0.15, 0.2) is 48.7 Å². The van der Waals surface area contributed by atoms with Gasteiger partial charge in [0, 0.05) is 11.9 Å². The van der Waals surface area contributed by atoms with Crippen molar-refractivity contribution >= 4 is 21.6 Å². The first-order valence-corrected chi connectivity index (χ1v) is 10.2. The van der Waals surface area contributed by atoms with Gasteiger partial charge < -0.3 is 5.32 Å². The van der Waals surface area contributed by atoms with Gasteiger partial charge in [-0.3, -0.25) is 9.78 Å². The van der Waals surface area contributed by atoms with Crippen LogP contribution in [0.5, 0.6) is 0 Å². The monoisotopic (exact) mass is 375 g/mol. The first-order chi connectivity index (χ1) is 12.1. The smallest absolute Gasteiger partial charge is 0.239 e. The average molecular weight is 375 g/mol. The molecule has 6 nitrogen and oxygen atoms in total. The highest BCUT2D eigenvalue weighted by molar-refractivity contribution is 7.88. The molecular weight excluding hydrogens is 350 g/mol. The fourth-order valence-corrected chi connectivity index (χ4v) is 3.28. The second-order valence-electron chi connectivity index (χ2n) is 7.20. The number of nitrogens with one attached hydrogen (secondary N) is 1. The lowest BCUT2D eigenvalue weighted by atomic mass is 9.86. The normalized spacial score (nSPS) is 12.2. The predicted octanol–water partition coefficient (Wildman–Crippen LogP) is 2.78. The summed E-state index contributed by atoms with van der Waals surface area (Å²) >= 11 is 0. The summed E-state index contributed by atoms with van der Waals surface area (Å²) in [6.45, 7) is 5.95. The van der Waals surface area contributed by atoms with Gasteiger partial charge in [0.25, 0.3) is 0 Å².